The van der Waals surface area contributed by atoms with E-state index in [9.17, 15) is 49.6 Å². The highest BCUT2D eigenvalue weighted by Crippen LogP contribution is 2.28. The Hall–Kier alpha value is -1.85. The van der Waals surface area contributed by atoms with E-state index < -0.39 is 80.0 Å². The largest absolute Gasteiger partial charge is 0.394 e. The van der Waals surface area contributed by atoms with E-state index in [1.165, 1.54) is 0 Å². The molecular weight excluding hydrogens is 442 g/mol. The minimum Gasteiger partial charge on any atom is -0.394 e. The third kappa shape index (κ3) is 4.74. The number of hydrogen-bond donors (Lipinski definition) is 9. The molecule has 1 aliphatic rings. The van der Waals surface area contributed by atoms with Gasteiger partial charge in [0, 0.05) is 12.1 Å². The number of aliphatic hydroxyl groups excluding tert-OH is 8. The average molecular weight is 466 g/mol. The number of rotatable bonds is 8. The van der Waals surface area contributed by atoms with Gasteiger partial charge in [-0.05, 0) is 0 Å². The molecule has 180 valence electrons. The lowest BCUT2D eigenvalue weighted by Gasteiger charge is -2.42. The lowest BCUT2D eigenvalue weighted by molar-refractivity contribution is -0.327. The first kappa shape index (κ1) is 24.8. The van der Waals surface area contributed by atoms with Crippen LogP contribution in [-0.4, -0.2) is 113 Å². The number of benzene rings is 1. The van der Waals surface area contributed by atoms with Gasteiger partial charge in [-0.3, -0.25) is 0 Å². The summed E-state index contributed by atoms with van der Waals surface area (Å²) >= 11 is 0. The monoisotopic (exact) mass is 466 g/mol. The second kappa shape index (κ2) is 9.96. The number of nitrogens with zero attached hydrogens (tertiary/aromatic N) is 1. The van der Waals surface area contributed by atoms with E-state index in [4.69, 9.17) is 9.47 Å². The number of fused-ring (bicyclic) bond motifs is 1. The van der Waals surface area contributed by atoms with E-state index in [1.54, 1.807) is 0 Å². The van der Waals surface area contributed by atoms with Crippen LogP contribution in [0.25, 0.3) is 11.0 Å². The maximum Gasteiger partial charge on any atom is 0.187 e. The molecule has 32 heavy (non-hydrogen) atoms. The van der Waals surface area contributed by atoms with Gasteiger partial charge in [0.2, 0.25) is 0 Å². The van der Waals surface area contributed by atoms with Gasteiger partial charge in [0.15, 0.2) is 17.9 Å². The van der Waals surface area contributed by atoms with Gasteiger partial charge in [0.25, 0.3) is 0 Å². The molecule has 4 unspecified atom stereocenters. The second-order valence-electron chi connectivity index (χ2n) is 7.39. The fourth-order valence-corrected chi connectivity index (χ4v) is 3.34. The predicted molar refractivity (Wildman–Crippen MR) is 98.7 cm³/mol. The average Bonchev–Trinajstić information content (AvgIpc) is 3.18. The maximum absolute atomic E-state index is 13.4. The molecule has 0 bridgehead atoms. The number of nitrogens with one attached hydrogen (secondary N) is 1. The number of ether oxygens (including phenoxy) is 2. The summed E-state index contributed by atoms with van der Waals surface area (Å²) in [6.07, 6.45) is -16.2. The summed E-state index contributed by atoms with van der Waals surface area (Å²) in [6, 6.07) is 1.54. The van der Waals surface area contributed by atoms with Gasteiger partial charge in [-0.15, -0.1) is 0 Å². The van der Waals surface area contributed by atoms with Gasteiger partial charge in [0.1, 0.15) is 54.7 Å². The van der Waals surface area contributed by atoms with Crippen LogP contribution in [-0.2, 0) is 9.47 Å². The van der Waals surface area contributed by atoms with E-state index in [0.717, 1.165) is 12.1 Å². The molecule has 0 amide bonds. The van der Waals surface area contributed by atoms with E-state index in [-0.39, 0.29) is 16.9 Å². The van der Waals surface area contributed by atoms with Gasteiger partial charge in [-0.1, -0.05) is 0 Å². The second-order valence-corrected chi connectivity index (χ2v) is 7.39. The standard InChI is InChI=1S/C18H24F2N2O10/c19-5-1-7-8(2-6(5)20)22-17(21-7)14(29)13(28)16(9(25)3-23)32-18-15(30)12(27)11(26)10(4-24)31-18/h1-2,9-16,18,23-30H,3-4H2,(H,21,22)/t9?,10?,11-,12+,13?,14+,15?,16-,18-/m1/s1. The van der Waals surface area contributed by atoms with Crippen molar-refractivity contribution in [3.8, 4) is 0 Å². The minimum absolute atomic E-state index is 0.000686. The van der Waals surface area contributed by atoms with E-state index >= 15 is 0 Å². The number of H-pyrrole nitrogens is 1. The molecule has 0 spiro atoms. The Morgan fingerprint density at radius 3 is 2.31 bits per heavy atom. The molecule has 1 saturated heterocycles. The summed E-state index contributed by atoms with van der Waals surface area (Å²) in [5.74, 6) is -2.72. The Morgan fingerprint density at radius 2 is 1.69 bits per heavy atom. The number of halogens is 2. The molecule has 1 aliphatic heterocycles. The topological polar surface area (TPSA) is 209 Å². The number of hydrogen-bond acceptors (Lipinski definition) is 11. The number of aromatic nitrogens is 2. The third-order valence-corrected chi connectivity index (χ3v) is 5.19. The molecule has 12 nitrogen and oxygen atoms in total. The molecule has 9 atom stereocenters. The summed E-state index contributed by atoms with van der Waals surface area (Å²) in [5, 5.41) is 79.5. The van der Waals surface area contributed by atoms with Crippen LogP contribution < -0.4 is 0 Å². The zero-order chi connectivity index (χ0) is 23.7. The molecule has 0 aliphatic carbocycles. The quantitative estimate of drug-likeness (QED) is 0.189. The lowest BCUT2D eigenvalue weighted by atomic mass is 9.98. The normalized spacial score (nSPS) is 30.2. The zero-order valence-electron chi connectivity index (χ0n) is 16.4. The van der Waals surface area contributed by atoms with Crippen molar-refractivity contribution in [3.05, 3.63) is 29.6 Å². The van der Waals surface area contributed by atoms with Crippen molar-refractivity contribution in [2.45, 2.75) is 55.1 Å². The molecule has 0 radical (unpaired) electrons. The molecule has 14 heteroatoms. The van der Waals surface area contributed by atoms with Crippen molar-refractivity contribution >= 4 is 11.0 Å². The first-order valence-corrected chi connectivity index (χ1v) is 9.54. The van der Waals surface area contributed by atoms with E-state index in [1.807, 2.05) is 0 Å². The van der Waals surface area contributed by atoms with Crippen molar-refractivity contribution in [1.29, 1.82) is 0 Å². The highest BCUT2D eigenvalue weighted by atomic mass is 19.2. The van der Waals surface area contributed by atoms with Crippen LogP contribution in [0.4, 0.5) is 8.78 Å². The number of aliphatic hydroxyl groups is 8. The highest BCUT2D eigenvalue weighted by Gasteiger charge is 2.47. The Balaban J connectivity index is 1.83. The van der Waals surface area contributed by atoms with Gasteiger partial charge in [0.05, 0.1) is 24.2 Å². The summed E-state index contributed by atoms with van der Waals surface area (Å²) < 4.78 is 37.2. The summed E-state index contributed by atoms with van der Waals surface area (Å²) in [7, 11) is 0. The summed E-state index contributed by atoms with van der Waals surface area (Å²) in [4.78, 5) is 6.34. The fraction of sp³-hybridized carbons (Fsp3) is 0.611. The molecule has 1 aromatic carbocycles. The van der Waals surface area contributed by atoms with E-state index in [0.29, 0.717) is 0 Å². The maximum atomic E-state index is 13.4. The van der Waals surface area contributed by atoms with Crippen LogP contribution in [0, 0.1) is 11.6 Å². The van der Waals surface area contributed by atoms with Crippen molar-refractivity contribution in [1.82, 2.24) is 9.97 Å². The Kier molecular flexibility index (Phi) is 7.72. The molecule has 9 N–H and O–H groups in total. The zero-order valence-corrected chi connectivity index (χ0v) is 16.4. The summed E-state index contributed by atoms with van der Waals surface area (Å²) in [5.41, 5.74) is -0.0708. The fourth-order valence-electron chi connectivity index (χ4n) is 3.34. The molecule has 1 fully saturated rings. The van der Waals surface area contributed by atoms with E-state index in [2.05, 4.69) is 9.97 Å². The Bertz CT molecular complexity index is 876. The van der Waals surface area contributed by atoms with Crippen molar-refractivity contribution in [2.24, 2.45) is 0 Å². The van der Waals surface area contributed by atoms with Crippen LogP contribution in [0.3, 0.4) is 0 Å². The third-order valence-electron chi connectivity index (χ3n) is 5.19. The Morgan fingerprint density at radius 1 is 1.03 bits per heavy atom. The predicted octanol–water partition coefficient (Wildman–Crippen LogP) is -3.23. The van der Waals surface area contributed by atoms with Crippen LogP contribution in [0.2, 0.25) is 0 Å². The van der Waals surface area contributed by atoms with Crippen molar-refractivity contribution in [3.63, 3.8) is 0 Å². The summed E-state index contributed by atoms with van der Waals surface area (Å²) in [6.45, 7) is -1.74. The first-order valence-electron chi connectivity index (χ1n) is 9.54. The molecule has 0 saturated carbocycles. The van der Waals surface area contributed by atoms with Gasteiger partial charge < -0.3 is 55.3 Å². The lowest BCUT2D eigenvalue weighted by Crippen LogP contribution is -2.61. The molecule has 2 aromatic rings. The first-order chi connectivity index (χ1) is 15.1. The van der Waals surface area contributed by atoms with Crippen LogP contribution >= 0.6 is 0 Å². The van der Waals surface area contributed by atoms with Gasteiger partial charge in [-0.2, -0.15) is 0 Å². The van der Waals surface area contributed by atoms with Crippen molar-refractivity contribution in [2.75, 3.05) is 13.2 Å². The number of imidazole rings is 1. The highest BCUT2D eigenvalue weighted by molar-refractivity contribution is 5.75. The molecule has 3 rings (SSSR count). The smallest absolute Gasteiger partial charge is 0.187 e. The van der Waals surface area contributed by atoms with Crippen molar-refractivity contribution < 1.29 is 59.1 Å². The minimum atomic E-state index is -2.04. The van der Waals surface area contributed by atoms with Crippen LogP contribution in [0.5, 0.6) is 0 Å². The van der Waals surface area contributed by atoms with Gasteiger partial charge in [-0.25, -0.2) is 13.8 Å². The van der Waals surface area contributed by atoms with Crippen LogP contribution in [0.1, 0.15) is 11.9 Å². The van der Waals surface area contributed by atoms with Gasteiger partial charge >= 0.3 is 0 Å². The SMILES string of the molecule is OCC(O)[C@@H](O[C@H]1OC(CO)[C@@H](O)[C@H](O)C1O)C(O)[C@H](O)c1nc2cc(F)c(F)cc2[nH]1. The number of aromatic amines is 1. The van der Waals surface area contributed by atoms with Crippen LogP contribution in [0.15, 0.2) is 12.1 Å². The molecular formula is C18H24F2N2O10. The molecule has 1 aromatic heterocycles. The molecule has 2 heterocycles. The Labute approximate surface area is 178 Å².